The standard InChI is InChI=1S/C8H6F4O4S.Na/c9-6-3-4(8(10,11)12)1-2-5(6)7(13)17(14,15)16;/h1-3,7,13H,(H,14,15,16);/q;+1/p-1. The van der Waals surface area contributed by atoms with Crippen molar-refractivity contribution in [1.29, 1.82) is 0 Å². The van der Waals surface area contributed by atoms with Gasteiger partial charge in [-0.1, -0.05) is 6.07 Å². The van der Waals surface area contributed by atoms with Crippen LogP contribution >= 0.6 is 0 Å². The van der Waals surface area contributed by atoms with E-state index in [1.165, 1.54) is 0 Å². The molecular weight excluding hydrogens is 291 g/mol. The van der Waals surface area contributed by atoms with Crippen molar-refractivity contribution in [1.82, 2.24) is 0 Å². The minimum atomic E-state index is -5.24. The molecule has 0 amide bonds. The Balaban J connectivity index is 0.00000289. The summed E-state index contributed by atoms with van der Waals surface area (Å²) in [6.45, 7) is 0. The molecule has 4 nitrogen and oxygen atoms in total. The van der Waals surface area contributed by atoms with E-state index >= 15 is 0 Å². The first-order valence-corrected chi connectivity index (χ1v) is 5.50. The van der Waals surface area contributed by atoms with Crippen LogP contribution in [0.25, 0.3) is 0 Å². The monoisotopic (exact) mass is 296 g/mol. The molecule has 0 saturated heterocycles. The molecule has 0 aliphatic carbocycles. The van der Waals surface area contributed by atoms with Gasteiger partial charge in [0.15, 0.2) is 5.44 Å². The maximum absolute atomic E-state index is 13.1. The van der Waals surface area contributed by atoms with Gasteiger partial charge in [-0.05, 0) is 12.1 Å². The fourth-order valence-electron chi connectivity index (χ4n) is 1.06. The normalized spacial score (nSPS) is 13.9. The molecule has 0 aliphatic heterocycles. The Hall–Kier alpha value is -0.190. The number of benzene rings is 1. The zero-order valence-electron chi connectivity index (χ0n) is 8.90. The summed E-state index contributed by atoms with van der Waals surface area (Å²) in [5.74, 6) is -1.62. The van der Waals surface area contributed by atoms with Gasteiger partial charge in [-0.25, -0.2) is 12.8 Å². The Labute approximate surface area is 122 Å². The number of alkyl halides is 3. The quantitative estimate of drug-likeness (QED) is 0.404. The van der Waals surface area contributed by atoms with E-state index in [0.717, 1.165) is 0 Å². The third kappa shape index (κ3) is 4.18. The molecule has 0 spiro atoms. The third-order valence-corrected chi connectivity index (χ3v) is 2.67. The largest absolute Gasteiger partial charge is 1.00 e. The average Bonchev–Trinajstić information content (AvgIpc) is 2.13. The van der Waals surface area contributed by atoms with Gasteiger partial charge in [0, 0.05) is 5.56 Å². The molecule has 0 bridgehead atoms. The first-order valence-electron chi connectivity index (χ1n) is 4.03. The number of aliphatic hydroxyl groups is 1. The third-order valence-electron chi connectivity index (χ3n) is 1.87. The van der Waals surface area contributed by atoms with Crippen LogP contribution in [-0.4, -0.2) is 18.1 Å². The van der Waals surface area contributed by atoms with Gasteiger partial charge in [-0.15, -0.1) is 0 Å². The van der Waals surface area contributed by atoms with Gasteiger partial charge < -0.3 is 9.66 Å². The van der Waals surface area contributed by atoms with Crippen molar-refractivity contribution in [3.63, 3.8) is 0 Å². The van der Waals surface area contributed by atoms with Crippen LogP contribution in [0, 0.1) is 5.82 Å². The zero-order chi connectivity index (χ0) is 13.4. The van der Waals surface area contributed by atoms with E-state index in [1.54, 1.807) is 0 Å². The molecule has 0 radical (unpaired) electrons. The molecular formula is C8H5F4NaO4S. The zero-order valence-corrected chi connectivity index (χ0v) is 11.7. The van der Waals surface area contributed by atoms with E-state index in [-0.39, 0.29) is 35.6 Å². The van der Waals surface area contributed by atoms with E-state index < -0.39 is 38.7 Å². The fourth-order valence-corrected chi connectivity index (χ4v) is 1.56. The Morgan fingerprint density at radius 1 is 1.28 bits per heavy atom. The number of halogens is 4. The molecule has 1 N–H and O–H groups in total. The topological polar surface area (TPSA) is 77.4 Å². The summed E-state index contributed by atoms with van der Waals surface area (Å²) in [5.41, 5.74) is -5.10. The molecule has 0 aromatic heterocycles. The first-order chi connectivity index (χ1) is 7.53. The van der Waals surface area contributed by atoms with Crippen molar-refractivity contribution >= 4 is 10.1 Å². The smallest absolute Gasteiger partial charge is 0.746 e. The van der Waals surface area contributed by atoms with Crippen LogP contribution in [0.5, 0.6) is 0 Å². The molecule has 1 aromatic rings. The summed E-state index contributed by atoms with van der Waals surface area (Å²) >= 11 is 0. The van der Waals surface area contributed by atoms with Crippen molar-refractivity contribution in [3.8, 4) is 0 Å². The molecule has 18 heavy (non-hydrogen) atoms. The molecule has 1 atom stereocenters. The van der Waals surface area contributed by atoms with Gasteiger partial charge in [0.25, 0.3) is 0 Å². The van der Waals surface area contributed by atoms with Crippen molar-refractivity contribution in [2.45, 2.75) is 11.6 Å². The minimum Gasteiger partial charge on any atom is -0.746 e. The van der Waals surface area contributed by atoms with Crippen molar-refractivity contribution in [2.24, 2.45) is 0 Å². The Morgan fingerprint density at radius 2 is 1.78 bits per heavy atom. The Kier molecular flexibility index (Phi) is 5.78. The van der Waals surface area contributed by atoms with Crippen molar-refractivity contribution < 1.29 is 65.2 Å². The second-order valence-corrected chi connectivity index (χ2v) is 4.51. The van der Waals surface area contributed by atoms with Crippen LogP contribution in [0.2, 0.25) is 0 Å². The molecule has 96 valence electrons. The SMILES string of the molecule is O=S(=O)([O-])C(O)c1ccc(C(F)(F)F)cc1F.[Na+]. The van der Waals surface area contributed by atoms with Gasteiger partial charge >= 0.3 is 35.7 Å². The van der Waals surface area contributed by atoms with Crippen LogP contribution < -0.4 is 29.6 Å². The van der Waals surface area contributed by atoms with Crippen LogP contribution in [0.1, 0.15) is 16.6 Å². The fraction of sp³-hybridized carbons (Fsp3) is 0.250. The molecule has 0 saturated carbocycles. The van der Waals surface area contributed by atoms with Crippen LogP contribution in [0.4, 0.5) is 17.6 Å². The first kappa shape index (κ1) is 17.8. The summed E-state index contributed by atoms with van der Waals surface area (Å²) < 4.78 is 80.6. The Morgan fingerprint density at radius 3 is 2.11 bits per heavy atom. The maximum Gasteiger partial charge on any atom is 1.00 e. The molecule has 1 aromatic carbocycles. The molecule has 1 unspecified atom stereocenters. The van der Waals surface area contributed by atoms with E-state index in [0.29, 0.717) is 12.1 Å². The van der Waals surface area contributed by atoms with E-state index in [4.69, 9.17) is 5.11 Å². The van der Waals surface area contributed by atoms with Crippen molar-refractivity contribution in [2.75, 3.05) is 0 Å². The van der Waals surface area contributed by atoms with Gasteiger partial charge in [0.1, 0.15) is 15.9 Å². The molecule has 1 rings (SSSR count). The van der Waals surface area contributed by atoms with Gasteiger partial charge in [0.05, 0.1) is 5.56 Å². The van der Waals surface area contributed by atoms with Gasteiger partial charge in [-0.2, -0.15) is 13.2 Å². The van der Waals surface area contributed by atoms with E-state index in [2.05, 4.69) is 0 Å². The average molecular weight is 296 g/mol. The predicted molar refractivity (Wildman–Crippen MR) is 46.1 cm³/mol. The second kappa shape index (κ2) is 5.85. The summed E-state index contributed by atoms with van der Waals surface area (Å²) in [7, 11) is -5.24. The molecule has 0 fully saturated rings. The predicted octanol–water partition coefficient (Wildman–Crippen LogP) is -1.62. The van der Waals surface area contributed by atoms with Crippen molar-refractivity contribution in [3.05, 3.63) is 35.1 Å². The molecule has 0 heterocycles. The minimum absolute atomic E-state index is 0. The van der Waals surface area contributed by atoms with Crippen LogP contribution in [0.15, 0.2) is 18.2 Å². The number of hydrogen-bond acceptors (Lipinski definition) is 4. The van der Waals surface area contributed by atoms with Gasteiger partial charge in [0.2, 0.25) is 0 Å². The summed E-state index contributed by atoms with van der Waals surface area (Å²) in [6.07, 6.45) is -4.80. The van der Waals surface area contributed by atoms with Crippen LogP contribution in [0.3, 0.4) is 0 Å². The van der Waals surface area contributed by atoms with Crippen LogP contribution in [-0.2, 0) is 16.3 Å². The molecule has 10 heteroatoms. The van der Waals surface area contributed by atoms with Gasteiger partial charge in [-0.3, -0.25) is 0 Å². The number of hydrogen-bond donors (Lipinski definition) is 1. The Bertz CT molecular complexity index is 528. The van der Waals surface area contributed by atoms with E-state index in [1.807, 2.05) is 0 Å². The maximum atomic E-state index is 13.1. The summed E-state index contributed by atoms with van der Waals surface area (Å²) in [6, 6.07) is 0.773. The summed E-state index contributed by atoms with van der Waals surface area (Å²) in [5, 5.41) is 8.91. The number of rotatable bonds is 2. The molecule has 0 aliphatic rings. The second-order valence-electron chi connectivity index (χ2n) is 3.08. The number of aliphatic hydroxyl groups excluding tert-OH is 1. The van der Waals surface area contributed by atoms with E-state index in [9.17, 15) is 30.5 Å². The summed E-state index contributed by atoms with van der Waals surface area (Å²) in [4.78, 5) is 0.